The van der Waals surface area contributed by atoms with E-state index in [0.717, 1.165) is 63.5 Å². The van der Waals surface area contributed by atoms with Gasteiger partial charge in [0.2, 0.25) is 5.76 Å². The van der Waals surface area contributed by atoms with Gasteiger partial charge in [-0.25, -0.2) is 4.79 Å². The van der Waals surface area contributed by atoms with Gasteiger partial charge in [-0.05, 0) is 69.3 Å². The summed E-state index contributed by atoms with van der Waals surface area (Å²) in [6.07, 6.45) is 13.8. The number of methoxy groups -OCH3 is 1. The fraction of sp³-hybridized carbons (Fsp3) is 0.710. The molecule has 0 aromatic rings. The molecular formula is C31H41NO7. The van der Waals surface area contributed by atoms with Crippen molar-refractivity contribution in [1.29, 1.82) is 0 Å². The van der Waals surface area contributed by atoms with E-state index in [4.69, 9.17) is 14.2 Å². The van der Waals surface area contributed by atoms with Crippen LogP contribution in [0.4, 0.5) is 0 Å². The SMILES string of the molecule is COC1=C(CO)C(=O)OC1=C1OC2=CCC3CC4CCC5=CCC(C)CC5C4(O)C4CCCC(C2C1CO)N34. The zero-order chi connectivity index (χ0) is 27.1. The zero-order valence-electron chi connectivity index (χ0n) is 23.0. The van der Waals surface area contributed by atoms with Crippen LogP contribution in [0, 0.1) is 29.6 Å². The highest BCUT2D eigenvalue weighted by atomic mass is 16.6. The average molecular weight is 540 g/mol. The van der Waals surface area contributed by atoms with Gasteiger partial charge in [0.15, 0.2) is 11.5 Å². The molecule has 5 heterocycles. The van der Waals surface area contributed by atoms with Gasteiger partial charge in [0.05, 0.1) is 31.8 Å². The Balaban J connectivity index is 1.29. The lowest BCUT2D eigenvalue weighted by atomic mass is 9.54. The lowest BCUT2D eigenvalue weighted by molar-refractivity contribution is -0.203. The minimum atomic E-state index is -0.725. The molecule has 3 N–H and O–H groups in total. The molecule has 39 heavy (non-hydrogen) atoms. The molecule has 2 aliphatic carbocycles. The zero-order valence-corrected chi connectivity index (χ0v) is 23.0. The first-order valence-electron chi connectivity index (χ1n) is 14.9. The van der Waals surface area contributed by atoms with Crippen LogP contribution in [-0.4, -0.2) is 70.2 Å². The maximum atomic E-state index is 12.8. The van der Waals surface area contributed by atoms with E-state index in [9.17, 15) is 20.1 Å². The number of rotatable bonds is 3. The van der Waals surface area contributed by atoms with Gasteiger partial charge in [-0.1, -0.05) is 25.0 Å². The molecule has 4 fully saturated rings. The Hall–Kier alpha value is -2.13. The van der Waals surface area contributed by atoms with Gasteiger partial charge in [0, 0.05) is 30.0 Å². The molecule has 5 aliphatic heterocycles. The lowest BCUT2D eigenvalue weighted by Gasteiger charge is -2.64. The van der Waals surface area contributed by atoms with E-state index >= 15 is 0 Å². The van der Waals surface area contributed by atoms with Crippen LogP contribution in [0.3, 0.4) is 0 Å². The number of hydrogen-bond donors (Lipinski definition) is 3. The molecule has 1 saturated carbocycles. The third kappa shape index (κ3) is 3.60. The van der Waals surface area contributed by atoms with Crippen molar-refractivity contribution in [2.75, 3.05) is 20.3 Å². The molecule has 9 atom stereocenters. The highest BCUT2D eigenvalue weighted by molar-refractivity contribution is 5.94. The fourth-order valence-electron chi connectivity index (χ4n) is 9.53. The van der Waals surface area contributed by atoms with E-state index in [2.05, 4.69) is 24.0 Å². The predicted molar refractivity (Wildman–Crippen MR) is 141 cm³/mol. The number of aliphatic hydroxyl groups is 3. The van der Waals surface area contributed by atoms with Crippen molar-refractivity contribution in [2.45, 2.75) is 88.4 Å². The third-order valence-corrected chi connectivity index (χ3v) is 11.1. The number of aliphatic hydroxyl groups excluding tert-OH is 2. The summed E-state index contributed by atoms with van der Waals surface area (Å²) in [5, 5.41) is 33.3. The normalized spacial score (nSPS) is 45.2. The van der Waals surface area contributed by atoms with Crippen molar-refractivity contribution in [3.8, 4) is 0 Å². The molecule has 0 aromatic heterocycles. The summed E-state index contributed by atoms with van der Waals surface area (Å²) in [6.45, 7) is 1.66. The van der Waals surface area contributed by atoms with E-state index in [1.165, 1.54) is 12.7 Å². The summed E-state index contributed by atoms with van der Waals surface area (Å²) >= 11 is 0. The summed E-state index contributed by atoms with van der Waals surface area (Å²) in [5.74, 6) is 1.53. The van der Waals surface area contributed by atoms with Crippen LogP contribution in [0.25, 0.3) is 0 Å². The highest BCUT2D eigenvalue weighted by Gasteiger charge is 2.63. The van der Waals surface area contributed by atoms with Crippen LogP contribution in [0.5, 0.6) is 0 Å². The summed E-state index contributed by atoms with van der Waals surface area (Å²) in [6, 6.07) is 0.541. The quantitative estimate of drug-likeness (QED) is 0.370. The first-order valence-corrected chi connectivity index (χ1v) is 14.9. The fourth-order valence-corrected chi connectivity index (χ4v) is 9.53. The standard InChI is InChI=1S/C31H41NO7/c1-16-6-7-17-8-9-18-13-19-10-11-24-26(23-4-3-5-25(32(19)23)31(18,36)22(17)12-16)20(14-33)28(38-24)29-27(37-2)21(15-34)30(35)39-29/h7,11,16,18-20,22-23,25-26,33-34,36H,3-6,8-10,12-15H2,1-2H3. The molecular weight excluding hydrogens is 498 g/mol. The maximum absolute atomic E-state index is 12.8. The van der Waals surface area contributed by atoms with Gasteiger partial charge < -0.3 is 29.5 Å². The largest absolute Gasteiger partial charge is 0.492 e. The first-order chi connectivity index (χ1) is 18.9. The van der Waals surface area contributed by atoms with E-state index in [0.29, 0.717) is 23.6 Å². The molecule has 7 rings (SSSR count). The predicted octanol–water partition coefficient (Wildman–Crippen LogP) is 3.30. The second kappa shape index (κ2) is 9.47. The smallest absolute Gasteiger partial charge is 0.345 e. The van der Waals surface area contributed by atoms with Crippen LogP contribution >= 0.6 is 0 Å². The van der Waals surface area contributed by atoms with Gasteiger partial charge in [-0.15, -0.1) is 0 Å². The Kier molecular flexibility index (Phi) is 6.27. The van der Waals surface area contributed by atoms with Crippen LogP contribution in [0.1, 0.15) is 64.7 Å². The molecule has 0 bridgehead atoms. The second-order valence-electron chi connectivity index (χ2n) is 12.9. The molecule has 9 unspecified atom stereocenters. The summed E-state index contributed by atoms with van der Waals surface area (Å²) in [7, 11) is 1.44. The van der Waals surface area contributed by atoms with Crippen molar-refractivity contribution < 1.29 is 34.3 Å². The Morgan fingerprint density at radius 2 is 1.97 bits per heavy atom. The van der Waals surface area contributed by atoms with Gasteiger partial charge in [0.25, 0.3) is 0 Å². The topological polar surface area (TPSA) is 109 Å². The minimum absolute atomic E-state index is 0.0614. The Morgan fingerprint density at radius 3 is 2.74 bits per heavy atom. The number of hydrogen-bond acceptors (Lipinski definition) is 8. The number of esters is 1. The van der Waals surface area contributed by atoms with Gasteiger partial charge in [-0.2, -0.15) is 0 Å². The van der Waals surface area contributed by atoms with Crippen LogP contribution in [-0.2, 0) is 19.0 Å². The van der Waals surface area contributed by atoms with Gasteiger partial charge in [0.1, 0.15) is 11.3 Å². The first kappa shape index (κ1) is 25.8. The number of carbonyl (C=O) groups is 1. The van der Waals surface area contributed by atoms with Gasteiger partial charge >= 0.3 is 5.97 Å². The van der Waals surface area contributed by atoms with Crippen LogP contribution in [0.2, 0.25) is 0 Å². The van der Waals surface area contributed by atoms with E-state index in [1.54, 1.807) is 0 Å². The number of allylic oxidation sites excluding steroid dienone is 1. The Bertz CT molecular complexity index is 1190. The third-order valence-electron chi connectivity index (χ3n) is 11.1. The van der Waals surface area contributed by atoms with Crippen molar-refractivity contribution in [3.05, 3.63) is 46.3 Å². The summed E-state index contributed by atoms with van der Waals surface area (Å²) in [5.41, 5.74) is 0.815. The van der Waals surface area contributed by atoms with E-state index < -0.39 is 24.1 Å². The number of cyclic esters (lactones) is 1. The molecule has 7 aliphatic rings. The van der Waals surface area contributed by atoms with Gasteiger partial charge in [-0.3, -0.25) is 4.90 Å². The second-order valence-corrected chi connectivity index (χ2v) is 12.9. The molecule has 0 radical (unpaired) electrons. The Labute approximate surface area is 230 Å². The minimum Gasteiger partial charge on any atom is -0.492 e. The summed E-state index contributed by atoms with van der Waals surface area (Å²) in [4.78, 5) is 15.1. The number of nitrogens with zero attached hydrogens (tertiary/aromatic N) is 1. The Morgan fingerprint density at radius 1 is 1.13 bits per heavy atom. The average Bonchev–Trinajstić information content (AvgIpc) is 3.42. The van der Waals surface area contributed by atoms with Crippen molar-refractivity contribution in [3.63, 3.8) is 0 Å². The van der Waals surface area contributed by atoms with Crippen molar-refractivity contribution >= 4 is 5.97 Å². The van der Waals surface area contributed by atoms with E-state index in [-0.39, 0.29) is 47.6 Å². The van der Waals surface area contributed by atoms with Crippen LogP contribution in [0.15, 0.2) is 46.3 Å². The van der Waals surface area contributed by atoms with Crippen molar-refractivity contribution in [1.82, 2.24) is 4.90 Å². The molecule has 0 aromatic carbocycles. The highest BCUT2D eigenvalue weighted by Crippen LogP contribution is 2.59. The molecule has 8 heteroatoms. The molecule has 0 amide bonds. The summed E-state index contributed by atoms with van der Waals surface area (Å²) < 4.78 is 17.5. The van der Waals surface area contributed by atoms with E-state index in [1.807, 2.05) is 0 Å². The monoisotopic (exact) mass is 539 g/mol. The molecule has 8 nitrogen and oxygen atoms in total. The van der Waals surface area contributed by atoms with Crippen LogP contribution < -0.4 is 0 Å². The maximum Gasteiger partial charge on any atom is 0.345 e. The number of piperidine rings is 2. The lowest BCUT2D eigenvalue weighted by Crippen LogP contribution is -2.72. The van der Waals surface area contributed by atoms with Crippen molar-refractivity contribution in [2.24, 2.45) is 29.6 Å². The molecule has 3 saturated heterocycles. The number of fused-ring (bicyclic) bond motifs is 6. The number of ether oxygens (including phenoxy) is 3. The molecule has 0 spiro atoms. The molecule has 212 valence electrons. The number of carbonyl (C=O) groups excluding carboxylic acids is 1.